The average molecular weight is 269 g/mol. The van der Waals surface area contributed by atoms with Gasteiger partial charge in [0.25, 0.3) is 0 Å². The van der Waals surface area contributed by atoms with Gasteiger partial charge < -0.3 is 8.85 Å². The third-order valence-corrected chi connectivity index (χ3v) is 4.84. The van der Waals surface area contributed by atoms with Crippen LogP contribution in [0.5, 0.6) is 0 Å². The molecular formula is C10H24O2S2Si. The van der Waals surface area contributed by atoms with Gasteiger partial charge in [0.05, 0.1) is 0 Å². The van der Waals surface area contributed by atoms with Crippen LogP contribution in [-0.4, -0.2) is 26.1 Å². The van der Waals surface area contributed by atoms with Crippen molar-refractivity contribution in [2.45, 2.75) is 63.4 Å². The van der Waals surface area contributed by atoms with Crippen LogP contribution in [0.4, 0.5) is 0 Å². The van der Waals surface area contributed by atoms with Crippen LogP contribution >= 0.6 is 25.3 Å². The van der Waals surface area contributed by atoms with Gasteiger partial charge >= 0.3 is 9.28 Å². The van der Waals surface area contributed by atoms with E-state index in [-0.39, 0.29) is 16.8 Å². The summed E-state index contributed by atoms with van der Waals surface area (Å²) < 4.78 is 11.8. The van der Waals surface area contributed by atoms with E-state index in [1.165, 1.54) is 0 Å². The zero-order chi connectivity index (χ0) is 11.8. The largest absolute Gasteiger partial charge is 0.394 e. The lowest BCUT2D eigenvalue weighted by Crippen LogP contribution is -2.29. The number of thiol groups is 2. The van der Waals surface area contributed by atoms with Gasteiger partial charge in [0.2, 0.25) is 0 Å². The van der Waals surface area contributed by atoms with E-state index in [1.54, 1.807) is 0 Å². The van der Waals surface area contributed by atoms with Crippen LogP contribution < -0.4 is 0 Å². The Bertz CT molecular complexity index is 144. The maximum atomic E-state index is 5.81. The van der Waals surface area contributed by atoms with Crippen molar-refractivity contribution in [1.82, 2.24) is 0 Å². The summed E-state index contributed by atoms with van der Waals surface area (Å²) >= 11 is 8.48. The van der Waals surface area contributed by atoms with E-state index >= 15 is 0 Å². The van der Waals surface area contributed by atoms with Crippen molar-refractivity contribution in [1.29, 1.82) is 0 Å². The van der Waals surface area contributed by atoms with Gasteiger partial charge in [-0.3, -0.25) is 0 Å². The van der Waals surface area contributed by atoms with E-state index in [0.717, 1.165) is 18.9 Å². The van der Waals surface area contributed by atoms with E-state index in [2.05, 4.69) is 53.0 Å². The van der Waals surface area contributed by atoms with Crippen molar-refractivity contribution in [3.8, 4) is 0 Å². The summed E-state index contributed by atoms with van der Waals surface area (Å²) in [5.41, 5.74) is 0. The van der Waals surface area contributed by atoms with Crippen molar-refractivity contribution in [3.63, 3.8) is 0 Å². The molecule has 2 nitrogen and oxygen atoms in total. The van der Waals surface area contributed by atoms with Gasteiger partial charge in [-0.15, -0.1) is 0 Å². The SMILES string of the molecule is CC(C)O[SiH](CCCC(S)S)OC(C)C. The van der Waals surface area contributed by atoms with Crippen LogP contribution in [0, 0.1) is 0 Å². The van der Waals surface area contributed by atoms with Crippen LogP contribution in [0.25, 0.3) is 0 Å². The molecule has 0 atom stereocenters. The zero-order valence-corrected chi connectivity index (χ0v) is 13.1. The van der Waals surface area contributed by atoms with Gasteiger partial charge in [0.15, 0.2) is 0 Å². The highest BCUT2D eigenvalue weighted by molar-refractivity contribution is 7.99. The maximum absolute atomic E-state index is 5.81. The summed E-state index contributed by atoms with van der Waals surface area (Å²) in [6.07, 6.45) is 2.64. The van der Waals surface area contributed by atoms with Crippen molar-refractivity contribution in [3.05, 3.63) is 0 Å². The topological polar surface area (TPSA) is 18.5 Å². The second-order valence-electron chi connectivity index (χ2n) is 4.21. The van der Waals surface area contributed by atoms with Crippen LogP contribution in [0.2, 0.25) is 6.04 Å². The van der Waals surface area contributed by atoms with Gasteiger partial charge in [-0.1, -0.05) is 0 Å². The number of hydrogen-bond donors (Lipinski definition) is 2. The molecule has 0 aromatic rings. The van der Waals surface area contributed by atoms with E-state index in [1.807, 2.05) is 0 Å². The van der Waals surface area contributed by atoms with Crippen molar-refractivity contribution >= 4 is 34.5 Å². The second kappa shape index (κ2) is 8.93. The molecular weight excluding hydrogens is 244 g/mol. The molecule has 0 radical (unpaired) electrons. The molecule has 5 heteroatoms. The Morgan fingerprint density at radius 2 is 1.47 bits per heavy atom. The third-order valence-electron chi connectivity index (χ3n) is 1.75. The van der Waals surface area contributed by atoms with Crippen molar-refractivity contribution in [2.24, 2.45) is 0 Å². The fraction of sp³-hybridized carbons (Fsp3) is 1.00. The molecule has 0 fully saturated rings. The lowest BCUT2D eigenvalue weighted by molar-refractivity contribution is 0.129. The first kappa shape index (κ1) is 15.8. The summed E-state index contributed by atoms with van der Waals surface area (Å²) in [6.45, 7) is 8.24. The van der Waals surface area contributed by atoms with Gasteiger partial charge in [-0.05, 0) is 46.6 Å². The molecule has 0 unspecified atom stereocenters. The minimum Gasteiger partial charge on any atom is -0.394 e. The zero-order valence-electron chi connectivity index (χ0n) is 10.1. The van der Waals surface area contributed by atoms with Crippen LogP contribution in [0.1, 0.15) is 40.5 Å². The first-order valence-corrected chi connectivity index (χ1v) is 8.38. The molecule has 0 amide bonds. The summed E-state index contributed by atoms with van der Waals surface area (Å²) in [5, 5.41) is 0. The Hall–Kier alpha value is 0.837. The standard InChI is InChI=1S/C10H24O2S2Si/c1-8(2)11-15(12-9(3)4)7-5-6-10(13)14/h8-10,13-15H,5-7H2,1-4H3. The average Bonchev–Trinajstić information content (AvgIpc) is 2.00. The minimum atomic E-state index is -1.48. The van der Waals surface area contributed by atoms with Gasteiger partial charge in [0, 0.05) is 16.8 Å². The predicted molar refractivity (Wildman–Crippen MR) is 75.4 cm³/mol. The van der Waals surface area contributed by atoms with Gasteiger partial charge in [-0.25, -0.2) is 0 Å². The van der Waals surface area contributed by atoms with Gasteiger partial charge in [-0.2, -0.15) is 25.3 Å². The highest BCUT2D eigenvalue weighted by atomic mass is 32.2. The summed E-state index contributed by atoms with van der Waals surface area (Å²) in [6, 6.07) is 1.05. The van der Waals surface area contributed by atoms with E-state index in [4.69, 9.17) is 8.85 Å². The van der Waals surface area contributed by atoms with Crippen LogP contribution in [0.15, 0.2) is 0 Å². The Kier molecular flexibility index (Phi) is 9.43. The van der Waals surface area contributed by atoms with Crippen molar-refractivity contribution < 1.29 is 8.85 Å². The molecule has 0 aliphatic rings. The van der Waals surface area contributed by atoms with E-state index < -0.39 is 9.28 Å². The molecule has 0 spiro atoms. The highest BCUT2D eigenvalue weighted by Crippen LogP contribution is 2.14. The Morgan fingerprint density at radius 1 is 1.00 bits per heavy atom. The van der Waals surface area contributed by atoms with Crippen LogP contribution in [-0.2, 0) is 8.85 Å². The fourth-order valence-electron chi connectivity index (χ4n) is 1.24. The molecule has 0 saturated carbocycles. The lowest BCUT2D eigenvalue weighted by Gasteiger charge is -2.21. The predicted octanol–water partition coefficient (Wildman–Crippen LogP) is 3.02. The summed E-state index contributed by atoms with van der Waals surface area (Å²) in [5.74, 6) is 0. The molecule has 15 heavy (non-hydrogen) atoms. The Labute approximate surface area is 107 Å². The second-order valence-corrected chi connectivity index (χ2v) is 7.85. The van der Waals surface area contributed by atoms with Crippen molar-refractivity contribution in [2.75, 3.05) is 0 Å². The highest BCUT2D eigenvalue weighted by Gasteiger charge is 2.16. The summed E-state index contributed by atoms with van der Waals surface area (Å²) in [4.78, 5) is 0. The monoisotopic (exact) mass is 268 g/mol. The molecule has 0 aliphatic heterocycles. The normalized spacial score (nSPS) is 12.4. The first-order chi connectivity index (χ1) is 6.91. The van der Waals surface area contributed by atoms with E-state index in [9.17, 15) is 0 Å². The Balaban J connectivity index is 3.79. The van der Waals surface area contributed by atoms with Crippen LogP contribution in [0.3, 0.4) is 0 Å². The minimum absolute atomic E-state index is 0.178. The molecule has 0 saturated heterocycles. The number of hydrogen-bond acceptors (Lipinski definition) is 4. The first-order valence-electron chi connectivity index (χ1n) is 5.59. The fourth-order valence-corrected chi connectivity index (χ4v) is 3.73. The number of rotatable bonds is 8. The molecule has 0 aromatic carbocycles. The smallest absolute Gasteiger partial charge is 0.321 e. The van der Waals surface area contributed by atoms with E-state index in [0.29, 0.717) is 0 Å². The molecule has 0 aliphatic carbocycles. The quantitative estimate of drug-likeness (QED) is 0.400. The third kappa shape index (κ3) is 11.1. The lowest BCUT2D eigenvalue weighted by atomic mass is 10.4. The maximum Gasteiger partial charge on any atom is 0.321 e. The Morgan fingerprint density at radius 3 is 1.80 bits per heavy atom. The molecule has 92 valence electrons. The molecule has 0 rings (SSSR count). The molecule has 0 heterocycles. The molecule has 0 N–H and O–H groups in total. The van der Waals surface area contributed by atoms with Gasteiger partial charge in [0.1, 0.15) is 0 Å². The molecule has 0 aromatic heterocycles. The summed E-state index contributed by atoms with van der Waals surface area (Å²) in [7, 11) is -1.48. The molecule has 0 bridgehead atoms.